The van der Waals surface area contributed by atoms with Gasteiger partial charge in [-0.1, -0.05) is 31.4 Å². The van der Waals surface area contributed by atoms with E-state index in [0.717, 1.165) is 24.8 Å². The van der Waals surface area contributed by atoms with Gasteiger partial charge >= 0.3 is 0 Å². The molecule has 0 unspecified atom stereocenters. The fraction of sp³-hybridized carbons (Fsp3) is 0.571. The molecule has 1 aliphatic heterocycles. The van der Waals surface area contributed by atoms with Crippen molar-refractivity contribution < 1.29 is 0 Å². The first-order valence-electron chi connectivity index (χ1n) is 6.55. The monoisotopic (exact) mass is 263 g/mol. The fourth-order valence-electron chi connectivity index (χ4n) is 2.57. The largest absolute Gasteiger partial charge is 0.357 e. The second kappa shape index (κ2) is 6.06. The molecule has 1 saturated heterocycles. The highest BCUT2D eigenvalue weighted by molar-refractivity contribution is 6.29. The Hall–Kier alpha value is -1.27. The second-order valence-electron chi connectivity index (χ2n) is 4.87. The maximum absolute atomic E-state index is 8.94. The summed E-state index contributed by atoms with van der Waals surface area (Å²) in [5, 5.41) is 9.34. The average Bonchev–Trinajstić information content (AvgIpc) is 2.39. The zero-order valence-electron chi connectivity index (χ0n) is 10.7. The van der Waals surface area contributed by atoms with Crippen molar-refractivity contribution in [3.05, 3.63) is 22.8 Å². The van der Waals surface area contributed by atoms with Gasteiger partial charge in [0.05, 0.1) is 11.6 Å². The predicted molar refractivity (Wildman–Crippen MR) is 73.8 cm³/mol. The zero-order chi connectivity index (χ0) is 13.0. The summed E-state index contributed by atoms with van der Waals surface area (Å²) < 4.78 is 0. The van der Waals surface area contributed by atoms with Gasteiger partial charge in [0.15, 0.2) is 0 Å². The molecule has 3 nitrogen and oxygen atoms in total. The number of aromatic nitrogens is 1. The van der Waals surface area contributed by atoms with Gasteiger partial charge in [0.1, 0.15) is 11.0 Å². The van der Waals surface area contributed by atoms with E-state index in [2.05, 4.69) is 22.9 Å². The predicted octanol–water partition coefficient (Wildman–Crippen LogP) is 3.62. The van der Waals surface area contributed by atoms with Gasteiger partial charge in [0, 0.05) is 13.1 Å². The molecular weight excluding hydrogens is 246 g/mol. The van der Waals surface area contributed by atoms with E-state index in [1.807, 2.05) is 6.07 Å². The van der Waals surface area contributed by atoms with Crippen molar-refractivity contribution in [1.82, 2.24) is 4.98 Å². The van der Waals surface area contributed by atoms with Crippen LogP contribution < -0.4 is 4.90 Å². The summed E-state index contributed by atoms with van der Waals surface area (Å²) in [7, 11) is 0. The van der Waals surface area contributed by atoms with Crippen molar-refractivity contribution >= 4 is 17.4 Å². The highest BCUT2D eigenvalue weighted by atomic mass is 35.5. The minimum Gasteiger partial charge on any atom is -0.357 e. The van der Waals surface area contributed by atoms with E-state index in [1.165, 1.54) is 25.7 Å². The molecule has 2 heterocycles. The Morgan fingerprint density at radius 3 is 2.78 bits per heavy atom. The number of anilines is 1. The molecule has 1 aromatic heterocycles. The molecule has 0 spiro atoms. The fourth-order valence-corrected chi connectivity index (χ4v) is 2.77. The number of hydrogen-bond acceptors (Lipinski definition) is 3. The number of rotatable bonds is 3. The van der Waals surface area contributed by atoms with E-state index in [1.54, 1.807) is 6.07 Å². The van der Waals surface area contributed by atoms with Gasteiger partial charge in [-0.3, -0.25) is 0 Å². The molecule has 2 rings (SSSR count). The molecule has 0 radical (unpaired) electrons. The SMILES string of the molecule is CCCC1CCN(c2cc(C#N)cc(Cl)n2)CC1. The van der Waals surface area contributed by atoms with Crippen molar-refractivity contribution in [1.29, 1.82) is 5.26 Å². The third kappa shape index (κ3) is 3.14. The lowest BCUT2D eigenvalue weighted by molar-refractivity contribution is 0.377. The summed E-state index contributed by atoms with van der Waals surface area (Å²) in [6.07, 6.45) is 5.01. The smallest absolute Gasteiger partial charge is 0.132 e. The van der Waals surface area contributed by atoms with E-state index in [9.17, 15) is 0 Å². The van der Waals surface area contributed by atoms with Gasteiger partial charge in [-0.25, -0.2) is 4.98 Å². The molecule has 0 aromatic carbocycles. The lowest BCUT2D eigenvalue weighted by Gasteiger charge is -2.32. The van der Waals surface area contributed by atoms with Crippen LogP contribution in [0.2, 0.25) is 5.15 Å². The molecule has 96 valence electrons. The van der Waals surface area contributed by atoms with Crippen LogP contribution in [0.5, 0.6) is 0 Å². The van der Waals surface area contributed by atoms with E-state index in [-0.39, 0.29) is 0 Å². The van der Waals surface area contributed by atoms with Crippen LogP contribution in [0.1, 0.15) is 38.2 Å². The average molecular weight is 264 g/mol. The molecule has 1 fully saturated rings. The standard InChI is InChI=1S/C14H18ClN3/c1-2-3-11-4-6-18(7-5-11)14-9-12(10-16)8-13(15)17-14/h8-9,11H,2-7H2,1H3. The maximum Gasteiger partial charge on any atom is 0.132 e. The van der Waals surface area contributed by atoms with Crippen molar-refractivity contribution in [3.8, 4) is 6.07 Å². The number of nitriles is 1. The summed E-state index contributed by atoms with van der Waals surface area (Å²) in [5.74, 6) is 1.69. The summed E-state index contributed by atoms with van der Waals surface area (Å²) in [4.78, 5) is 6.55. The highest BCUT2D eigenvalue weighted by Gasteiger charge is 2.20. The van der Waals surface area contributed by atoms with Crippen molar-refractivity contribution in [2.45, 2.75) is 32.6 Å². The van der Waals surface area contributed by atoms with Crippen LogP contribution in [0.4, 0.5) is 5.82 Å². The first-order valence-corrected chi connectivity index (χ1v) is 6.93. The molecule has 0 bridgehead atoms. The molecule has 0 atom stereocenters. The van der Waals surface area contributed by atoms with E-state index in [4.69, 9.17) is 16.9 Å². The first kappa shape index (κ1) is 13.2. The summed E-state index contributed by atoms with van der Waals surface area (Å²) >= 11 is 5.94. The zero-order valence-corrected chi connectivity index (χ0v) is 11.5. The maximum atomic E-state index is 8.94. The Labute approximate surface area is 113 Å². The van der Waals surface area contributed by atoms with Gasteiger partial charge < -0.3 is 4.90 Å². The topological polar surface area (TPSA) is 39.9 Å². The third-order valence-corrected chi connectivity index (χ3v) is 3.74. The molecule has 4 heteroatoms. The van der Waals surface area contributed by atoms with Gasteiger partial charge in [0.25, 0.3) is 0 Å². The van der Waals surface area contributed by atoms with Crippen LogP contribution >= 0.6 is 11.6 Å². The number of piperidine rings is 1. The van der Waals surface area contributed by atoms with Crippen LogP contribution in [0.25, 0.3) is 0 Å². The van der Waals surface area contributed by atoms with Gasteiger partial charge in [-0.05, 0) is 30.9 Å². The third-order valence-electron chi connectivity index (χ3n) is 3.55. The summed E-state index contributed by atoms with van der Waals surface area (Å²) in [6.45, 7) is 4.27. The van der Waals surface area contributed by atoms with Gasteiger partial charge in [-0.15, -0.1) is 0 Å². The van der Waals surface area contributed by atoms with Crippen molar-refractivity contribution in [2.24, 2.45) is 5.92 Å². The molecule has 18 heavy (non-hydrogen) atoms. The number of pyridine rings is 1. The Balaban J connectivity index is 2.05. The van der Waals surface area contributed by atoms with E-state index in [0.29, 0.717) is 10.7 Å². The quantitative estimate of drug-likeness (QED) is 0.782. The molecule has 0 saturated carbocycles. The Kier molecular flexibility index (Phi) is 4.43. The van der Waals surface area contributed by atoms with Gasteiger partial charge in [0.2, 0.25) is 0 Å². The molecular formula is C14H18ClN3. The molecule has 0 N–H and O–H groups in total. The number of halogens is 1. The van der Waals surface area contributed by atoms with Crippen LogP contribution in [-0.2, 0) is 0 Å². The van der Waals surface area contributed by atoms with Crippen LogP contribution in [0.3, 0.4) is 0 Å². The molecule has 0 amide bonds. The van der Waals surface area contributed by atoms with Crippen LogP contribution in [0, 0.1) is 17.2 Å². The highest BCUT2D eigenvalue weighted by Crippen LogP contribution is 2.26. The van der Waals surface area contributed by atoms with E-state index < -0.39 is 0 Å². The number of hydrogen-bond donors (Lipinski definition) is 0. The van der Waals surface area contributed by atoms with Gasteiger partial charge in [-0.2, -0.15) is 5.26 Å². The number of nitrogens with zero attached hydrogens (tertiary/aromatic N) is 3. The summed E-state index contributed by atoms with van der Waals surface area (Å²) in [5.41, 5.74) is 0.584. The van der Waals surface area contributed by atoms with Crippen LogP contribution in [-0.4, -0.2) is 18.1 Å². The molecule has 1 aliphatic rings. The second-order valence-corrected chi connectivity index (χ2v) is 5.25. The van der Waals surface area contributed by atoms with Crippen molar-refractivity contribution in [2.75, 3.05) is 18.0 Å². The van der Waals surface area contributed by atoms with Crippen molar-refractivity contribution in [3.63, 3.8) is 0 Å². The first-order chi connectivity index (χ1) is 8.72. The Morgan fingerprint density at radius 1 is 1.44 bits per heavy atom. The Bertz CT molecular complexity index is 445. The Morgan fingerprint density at radius 2 is 2.17 bits per heavy atom. The minimum absolute atomic E-state index is 0.403. The minimum atomic E-state index is 0.403. The van der Waals surface area contributed by atoms with E-state index >= 15 is 0 Å². The molecule has 1 aromatic rings. The molecule has 0 aliphatic carbocycles. The normalized spacial score (nSPS) is 16.6. The lowest BCUT2D eigenvalue weighted by Crippen LogP contribution is -2.34. The summed E-state index contributed by atoms with van der Waals surface area (Å²) in [6, 6.07) is 5.56. The lowest BCUT2D eigenvalue weighted by atomic mass is 9.92. The van der Waals surface area contributed by atoms with Crippen LogP contribution in [0.15, 0.2) is 12.1 Å².